The summed E-state index contributed by atoms with van der Waals surface area (Å²) < 4.78 is 50.3. The Morgan fingerprint density at radius 1 is 1.02 bits per heavy atom. The molecule has 17 heteroatoms. The minimum absolute atomic E-state index is 0.0302. The molecular formula is C37H29Cl2F3N4O8. The summed E-state index contributed by atoms with van der Waals surface area (Å²) in [6, 6.07) is 11.4. The van der Waals surface area contributed by atoms with Gasteiger partial charge in [0.05, 0.1) is 48.0 Å². The maximum absolute atomic E-state index is 15.1. The topological polar surface area (TPSA) is 155 Å². The van der Waals surface area contributed by atoms with E-state index in [0.717, 1.165) is 7.11 Å². The van der Waals surface area contributed by atoms with Crippen molar-refractivity contribution in [3.8, 4) is 11.5 Å². The molecule has 2 N–H and O–H groups in total. The fourth-order valence-corrected chi connectivity index (χ4v) is 8.64. The number of carbonyl (C=O) groups excluding carboxylic acids is 5. The van der Waals surface area contributed by atoms with Crippen LogP contribution in [0.2, 0.25) is 10.0 Å². The molecule has 2 aliphatic carbocycles. The van der Waals surface area contributed by atoms with E-state index in [2.05, 4.69) is 10.4 Å². The molecule has 0 bridgehead atoms. The first kappa shape index (κ1) is 36.9. The number of fused-ring (bicyclic) bond motifs is 4. The molecule has 7 rings (SSSR count). The van der Waals surface area contributed by atoms with Crippen molar-refractivity contribution >= 4 is 64.8 Å². The van der Waals surface area contributed by atoms with Crippen LogP contribution in [-0.2, 0) is 35.5 Å². The second-order valence-electron chi connectivity index (χ2n) is 13.2. The van der Waals surface area contributed by atoms with Crippen LogP contribution in [0, 0.1) is 29.6 Å². The highest BCUT2D eigenvalue weighted by Crippen LogP contribution is 2.61. The van der Waals surface area contributed by atoms with Crippen LogP contribution in [0.25, 0.3) is 6.08 Å². The van der Waals surface area contributed by atoms with Crippen LogP contribution in [0.4, 0.5) is 23.8 Å². The fraction of sp³-hybridized carbons (Fsp3) is 0.297. The third-order valence-electron chi connectivity index (χ3n) is 10.7. The second-order valence-corrected chi connectivity index (χ2v) is 14.1. The zero-order chi connectivity index (χ0) is 38.9. The summed E-state index contributed by atoms with van der Waals surface area (Å²) in [4.78, 5) is 73.9. The van der Waals surface area contributed by atoms with Gasteiger partial charge in [-0.1, -0.05) is 65.2 Å². The Balaban J connectivity index is 1.41. The van der Waals surface area contributed by atoms with Crippen molar-refractivity contribution in [1.82, 2.24) is 14.9 Å². The highest BCUT2D eigenvalue weighted by atomic mass is 35.5. The Bertz CT molecular complexity index is 2180. The van der Waals surface area contributed by atoms with Crippen LogP contribution < -0.4 is 10.2 Å². The minimum Gasteiger partial charge on any atom is -0.504 e. The van der Waals surface area contributed by atoms with Crippen LogP contribution in [0.15, 0.2) is 72.5 Å². The number of allylic oxidation sites excluding steroid dienone is 3. The molecule has 2 saturated heterocycles. The molecule has 1 saturated carbocycles. The highest BCUT2D eigenvalue weighted by Gasteiger charge is 2.70. The van der Waals surface area contributed by atoms with Gasteiger partial charge in [-0.3, -0.25) is 24.6 Å². The predicted molar refractivity (Wildman–Crippen MR) is 186 cm³/mol. The second kappa shape index (κ2) is 13.5. The first-order valence-corrected chi connectivity index (χ1v) is 17.2. The average Bonchev–Trinajstić information content (AvgIpc) is 3.52. The summed E-state index contributed by atoms with van der Waals surface area (Å²) in [7, 11) is 2.41. The lowest BCUT2D eigenvalue weighted by Crippen LogP contribution is -2.54. The van der Waals surface area contributed by atoms with E-state index in [9.17, 15) is 37.5 Å². The van der Waals surface area contributed by atoms with Crippen LogP contribution in [0.5, 0.6) is 11.5 Å². The number of nitrogens with one attached hydrogen (secondary N) is 1. The monoisotopic (exact) mass is 784 g/mol. The molecule has 1 aromatic heterocycles. The van der Waals surface area contributed by atoms with Crippen LogP contribution in [-0.4, -0.2) is 63.9 Å². The first-order valence-electron chi connectivity index (χ1n) is 16.5. The maximum atomic E-state index is 15.1. The number of hydrogen-bond acceptors (Lipinski definition) is 10. The van der Waals surface area contributed by atoms with E-state index in [1.54, 1.807) is 54.6 Å². The molecule has 5 amide bonds. The Labute approximate surface area is 315 Å². The molecule has 3 fully saturated rings. The van der Waals surface area contributed by atoms with Crippen molar-refractivity contribution in [2.24, 2.45) is 29.6 Å². The van der Waals surface area contributed by atoms with Gasteiger partial charge in [0.2, 0.25) is 11.8 Å². The molecule has 6 atom stereocenters. The predicted octanol–water partition coefficient (Wildman–Crippen LogP) is 6.42. The molecule has 3 aromatic rings. The Morgan fingerprint density at radius 3 is 2.39 bits per heavy atom. The number of anilines is 1. The molecule has 4 aliphatic rings. The summed E-state index contributed by atoms with van der Waals surface area (Å²) in [6.07, 6.45) is -0.430. The van der Waals surface area contributed by atoms with Gasteiger partial charge in [-0.2, -0.15) is 23.1 Å². The lowest BCUT2D eigenvalue weighted by atomic mass is 9.50. The summed E-state index contributed by atoms with van der Waals surface area (Å²) in [5, 5.41) is 10.7. The number of ether oxygens (including phenoxy) is 2. The van der Waals surface area contributed by atoms with Crippen molar-refractivity contribution in [2.75, 3.05) is 19.6 Å². The van der Waals surface area contributed by atoms with Gasteiger partial charge < -0.3 is 14.6 Å². The molecule has 0 spiro atoms. The highest BCUT2D eigenvalue weighted by molar-refractivity contribution is 6.33. The number of aromatic hydroxyl groups is 1. The smallest absolute Gasteiger partial charge is 0.423 e. The van der Waals surface area contributed by atoms with Crippen LogP contribution in [0.1, 0.15) is 29.5 Å². The van der Waals surface area contributed by atoms with Crippen molar-refractivity contribution in [1.29, 1.82) is 0 Å². The van der Waals surface area contributed by atoms with Gasteiger partial charge in [0.15, 0.2) is 17.3 Å². The number of nitrogens with zero attached hydrogens (tertiary/aromatic N) is 3. The number of phenolic OH excluding ortho intramolecular Hbond substituents is 1. The van der Waals surface area contributed by atoms with Gasteiger partial charge in [0, 0.05) is 17.1 Å². The van der Waals surface area contributed by atoms with Gasteiger partial charge in [0.1, 0.15) is 0 Å². The Kier molecular flexibility index (Phi) is 9.21. The van der Waals surface area contributed by atoms with E-state index >= 15 is 4.79 Å². The number of phenols is 1. The molecule has 54 heavy (non-hydrogen) atoms. The van der Waals surface area contributed by atoms with Gasteiger partial charge in [-0.15, -0.1) is 0 Å². The summed E-state index contributed by atoms with van der Waals surface area (Å²) >= 11 is 12.5. The molecule has 2 aliphatic heterocycles. The zero-order valence-electron chi connectivity index (χ0n) is 28.3. The third-order valence-corrected chi connectivity index (χ3v) is 11.2. The van der Waals surface area contributed by atoms with Gasteiger partial charge in [-0.25, -0.2) is 9.78 Å². The number of alkyl halides is 3. The number of methoxy groups -OCH3 is 2. The fourth-order valence-electron chi connectivity index (χ4n) is 8.31. The van der Waals surface area contributed by atoms with Crippen molar-refractivity contribution in [2.45, 2.75) is 24.4 Å². The number of pyridine rings is 1. The Hall–Kier alpha value is -5.41. The molecule has 0 unspecified atom stereocenters. The third kappa shape index (κ3) is 5.68. The minimum atomic E-state index is -4.77. The van der Waals surface area contributed by atoms with Crippen LogP contribution in [0.3, 0.4) is 0 Å². The zero-order valence-corrected chi connectivity index (χ0v) is 29.8. The lowest BCUT2D eigenvalue weighted by Gasteiger charge is -2.49. The number of likely N-dealkylation sites (tertiary alicyclic amines) is 1. The summed E-state index contributed by atoms with van der Waals surface area (Å²) in [6.45, 7) is 0. The van der Waals surface area contributed by atoms with Crippen molar-refractivity contribution in [3.63, 3.8) is 0 Å². The molecule has 0 radical (unpaired) electrons. The molecule has 12 nitrogen and oxygen atoms in total. The number of benzene rings is 2. The summed E-state index contributed by atoms with van der Waals surface area (Å²) in [5.74, 6) is -8.63. The molecule has 3 heterocycles. The molecule has 280 valence electrons. The number of hydrogen-bond donors (Lipinski definition) is 2. The van der Waals surface area contributed by atoms with E-state index in [-0.39, 0.29) is 24.3 Å². The van der Waals surface area contributed by atoms with Gasteiger partial charge in [0.25, 0.3) is 11.8 Å². The number of hydrazine groups is 1. The largest absolute Gasteiger partial charge is 0.504 e. The van der Waals surface area contributed by atoms with E-state index in [0.29, 0.717) is 43.9 Å². The lowest BCUT2D eigenvalue weighted by molar-refractivity contribution is -0.140. The summed E-state index contributed by atoms with van der Waals surface area (Å²) in [5.41, 5.74) is 1.08. The standard InChI is InChI=1S/C37H29Cl2F3N4O8/c1-53-28-13-17(4-12-27(28)47)3-11-24-21-9-10-22-29(33(50)45(31(22)48)35(52)54-2)23(21)15-25-32(49)46(34(51)36(24,25)18-5-7-20(38)8-6-18)44-30-26(39)14-19(16-43-30)37(40,41)42/h3-9,11-14,16,22-25,29,47H,10,15H2,1-2H3,(H,43,44)/t22-,23+,24-,25-,29-,36-/m0/s1. The molecular weight excluding hydrogens is 756 g/mol. The van der Waals surface area contributed by atoms with Gasteiger partial charge in [-0.05, 0) is 60.2 Å². The number of rotatable bonds is 6. The Morgan fingerprint density at radius 2 is 1.74 bits per heavy atom. The van der Waals surface area contributed by atoms with Crippen LogP contribution >= 0.6 is 23.2 Å². The van der Waals surface area contributed by atoms with E-state index in [4.69, 9.17) is 32.7 Å². The average molecular weight is 786 g/mol. The van der Waals surface area contributed by atoms with E-state index in [1.807, 2.05) is 0 Å². The number of amides is 5. The molecule has 2 aromatic carbocycles. The first-order chi connectivity index (χ1) is 25.6. The van der Waals surface area contributed by atoms with E-state index < -0.39 is 87.3 Å². The van der Waals surface area contributed by atoms with E-state index in [1.165, 1.54) is 13.2 Å². The number of carbonyl (C=O) groups is 5. The maximum Gasteiger partial charge on any atom is 0.423 e. The number of halogens is 5. The quantitative estimate of drug-likeness (QED) is 0.211. The normalized spacial score (nSPS) is 26.4. The van der Waals surface area contributed by atoms with Crippen molar-refractivity contribution in [3.05, 3.63) is 99.2 Å². The van der Waals surface area contributed by atoms with Crippen molar-refractivity contribution < 1.29 is 51.7 Å². The SMILES string of the molecule is COC(=O)N1C(=O)[C@H]2[C@H](CC=C3[C@H]2C[C@H]2C(=O)N(Nc4ncc(C(F)(F)F)cc4Cl)C(=O)[C@@]2(c2ccc(Cl)cc2)[C@H]3C=Cc2ccc(O)c(OC)c2)C1=O. The number of aromatic nitrogens is 1. The number of imide groups is 4. The van der Waals surface area contributed by atoms with Gasteiger partial charge >= 0.3 is 12.3 Å².